The highest BCUT2D eigenvalue weighted by Gasteiger charge is 2.24. The van der Waals surface area contributed by atoms with Crippen LogP contribution in [-0.4, -0.2) is 20.7 Å². The summed E-state index contributed by atoms with van der Waals surface area (Å²) in [6, 6.07) is 16.0. The Labute approximate surface area is 168 Å². The number of thiazole rings is 1. The molecule has 2 aromatic heterocycles. The van der Waals surface area contributed by atoms with Crippen LogP contribution in [0.3, 0.4) is 0 Å². The van der Waals surface area contributed by atoms with Crippen molar-refractivity contribution in [2.24, 2.45) is 7.05 Å². The Balaban J connectivity index is 1.82. The van der Waals surface area contributed by atoms with Crippen molar-refractivity contribution in [1.29, 1.82) is 0 Å². The molecule has 0 saturated carbocycles. The molecule has 0 N–H and O–H groups in total. The average Bonchev–Trinajstić information content (AvgIpc) is 3.28. The summed E-state index contributed by atoms with van der Waals surface area (Å²) in [4.78, 5) is 19.9. The van der Waals surface area contributed by atoms with E-state index in [1.54, 1.807) is 20.9 Å². The minimum absolute atomic E-state index is 0.137. The first-order valence-electron chi connectivity index (χ1n) is 9.17. The molecule has 2 aromatic carbocycles. The quantitative estimate of drug-likeness (QED) is 0.503. The number of fused-ring (bicyclic) bond motifs is 1. The van der Waals surface area contributed by atoms with Crippen LogP contribution in [0.15, 0.2) is 48.5 Å². The van der Waals surface area contributed by atoms with Gasteiger partial charge in [0.25, 0.3) is 5.91 Å². The van der Waals surface area contributed by atoms with Crippen molar-refractivity contribution >= 4 is 32.6 Å². The fourth-order valence-corrected chi connectivity index (χ4v) is 4.27. The lowest BCUT2D eigenvalue weighted by Gasteiger charge is -2.19. The maximum absolute atomic E-state index is 13.4. The Morgan fingerprint density at radius 1 is 1.07 bits per heavy atom. The average molecular weight is 391 g/mol. The van der Waals surface area contributed by atoms with E-state index in [-0.39, 0.29) is 5.91 Å². The smallest absolute Gasteiger partial charge is 0.278 e. The van der Waals surface area contributed by atoms with Crippen LogP contribution in [0.2, 0.25) is 0 Å². The summed E-state index contributed by atoms with van der Waals surface area (Å²) < 4.78 is 2.85. The third-order valence-corrected chi connectivity index (χ3v) is 6.14. The Morgan fingerprint density at radius 2 is 1.79 bits per heavy atom. The Hall–Kier alpha value is -2.99. The van der Waals surface area contributed by atoms with Gasteiger partial charge in [-0.2, -0.15) is 5.10 Å². The summed E-state index contributed by atoms with van der Waals surface area (Å²) in [6.45, 7) is 6.52. The maximum Gasteiger partial charge on any atom is 0.280 e. The Bertz CT molecular complexity index is 1100. The highest BCUT2D eigenvalue weighted by molar-refractivity contribution is 7.22. The van der Waals surface area contributed by atoms with Gasteiger partial charge in [-0.1, -0.05) is 53.8 Å². The molecule has 4 aromatic rings. The molecule has 0 atom stereocenters. The first kappa shape index (κ1) is 18.4. The molecule has 0 aliphatic heterocycles. The van der Waals surface area contributed by atoms with Crippen molar-refractivity contribution < 1.29 is 4.79 Å². The highest BCUT2D eigenvalue weighted by Crippen LogP contribution is 2.34. The first-order chi connectivity index (χ1) is 13.4. The summed E-state index contributed by atoms with van der Waals surface area (Å²) in [6.07, 6.45) is 0. The van der Waals surface area contributed by atoms with Gasteiger partial charge in [0, 0.05) is 12.7 Å². The van der Waals surface area contributed by atoms with E-state index in [1.165, 1.54) is 5.56 Å². The Kier molecular flexibility index (Phi) is 4.73. The fraction of sp³-hybridized carbons (Fsp3) is 0.227. The molecule has 0 radical (unpaired) electrons. The number of hydrogen-bond donors (Lipinski definition) is 0. The predicted molar refractivity (Wildman–Crippen MR) is 114 cm³/mol. The van der Waals surface area contributed by atoms with Crippen molar-refractivity contribution in [3.8, 4) is 0 Å². The molecule has 5 nitrogen and oxygen atoms in total. The lowest BCUT2D eigenvalue weighted by Crippen LogP contribution is -2.30. The number of hydrogen-bond acceptors (Lipinski definition) is 4. The van der Waals surface area contributed by atoms with Gasteiger partial charge in [-0.15, -0.1) is 0 Å². The van der Waals surface area contributed by atoms with Crippen LogP contribution in [0.5, 0.6) is 0 Å². The molecule has 2 heterocycles. The molecule has 142 valence electrons. The zero-order valence-corrected chi connectivity index (χ0v) is 17.2. The summed E-state index contributed by atoms with van der Waals surface area (Å²) in [5.74, 6) is -0.137. The normalized spacial score (nSPS) is 11.1. The van der Waals surface area contributed by atoms with Crippen LogP contribution >= 0.6 is 11.3 Å². The number of aromatic nitrogens is 3. The molecule has 28 heavy (non-hydrogen) atoms. The van der Waals surface area contributed by atoms with Crippen molar-refractivity contribution in [3.63, 3.8) is 0 Å². The van der Waals surface area contributed by atoms with E-state index in [9.17, 15) is 4.79 Å². The largest absolute Gasteiger partial charge is 0.280 e. The van der Waals surface area contributed by atoms with Gasteiger partial charge in [0.2, 0.25) is 0 Å². The van der Waals surface area contributed by atoms with E-state index < -0.39 is 0 Å². The van der Waals surface area contributed by atoms with Crippen LogP contribution in [0.25, 0.3) is 10.2 Å². The van der Waals surface area contributed by atoms with Crippen molar-refractivity contribution in [1.82, 2.24) is 14.8 Å². The van der Waals surface area contributed by atoms with Gasteiger partial charge in [0.1, 0.15) is 0 Å². The second kappa shape index (κ2) is 7.20. The van der Waals surface area contributed by atoms with Gasteiger partial charge in [0.05, 0.1) is 16.8 Å². The number of anilines is 1. The molecule has 0 bridgehead atoms. The standard InChI is InChI=1S/C22H22N4OS/c1-14-10-11-15(2)20-19(14)23-22(28-20)26(13-17-8-6-5-7-9-17)21(27)18-12-16(3)25(4)24-18/h5-12H,13H2,1-4H3. The predicted octanol–water partition coefficient (Wildman–Crippen LogP) is 4.80. The highest BCUT2D eigenvalue weighted by atomic mass is 32.1. The van der Waals surface area contributed by atoms with Crippen molar-refractivity contribution in [3.05, 3.63) is 76.6 Å². The second-order valence-electron chi connectivity index (χ2n) is 7.04. The summed E-state index contributed by atoms with van der Waals surface area (Å²) >= 11 is 1.56. The molecule has 0 unspecified atom stereocenters. The van der Waals surface area contributed by atoms with Crippen LogP contribution in [0, 0.1) is 20.8 Å². The zero-order chi connectivity index (χ0) is 19.8. The minimum Gasteiger partial charge on any atom is -0.278 e. The molecule has 0 fully saturated rings. The molecule has 0 aliphatic rings. The van der Waals surface area contributed by atoms with Crippen molar-refractivity contribution in [2.45, 2.75) is 27.3 Å². The van der Waals surface area contributed by atoms with Gasteiger partial charge in [0.15, 0.2) is 10.8 Å². The molecule has 0 spiro atoms. The van der Waals surface area contributed by atoms with Crippen molar-refractivity contribution in [2.75, 3.05) is 4.90 Å². The van der Waals surface area contributed by atoms with Gasteiger partial charge in [-0.05, 0) is 43.5 Å². The molecule has 0 aliphatic carbocycles. The van der Waals surface area contributed by atoms with E-state index in [4.69, 9.17) is 4.98 Å². The third kappa shape index (κ3) is 3.31. The number of nitrogens with zero attached hydrogens (tertiary/aromatic N) is 4. The van der Waals surface area contributed by atoms with E-state index in [0.717, 1.165) is 27.0 Å². The van der Waals surface area contributed by atoms with Gasteiger partial charge < -0.3 is 0 Å². The molecule has 1 amide bonds. The molecular formula is C22H22N4OS. The number of amides is 1. The van der Waals surface area contributed by atoms with Gasteiger partial charge >= 0.3 is 0 Å². The minimum atomic E-state index is -0.137. The van der Waals surface area contributed by atoms with Gasteiger partial charge in [-0.25, -0.2) is 4.98 Å². The number of carbonyl (C=O) groups excluding carboxylic acids is 1. The molecule has 4 rings (SSSR count). The zero-order valence-electron chi connectivity index (χ0n) is 16.4. The topological polar surface area (TPSA) is 51.0 Å². The third-order valence-electron chi connectivity index (χ3n) is 4.92. The van der Waals surface area contributed by atoms with Gasteiger partial charge in [-0.3, -0.25) is 14.4 Å². The summed E-state index contributed by atoms with van der Waals surface area (Å²) in [5.41, 5.74) is 5.68. The lowest BCUT2D eigenvalue weighted by molar-refractivity contribution is 0.0979. The first-order valence-corrected chi connectivity index (χ1v) is 9.99. The van der Waals surface area contributed by atoms with E-state index in [2.05, 4.69) is 31.1 Å². The number of rotatable bonds is 4. The molecule has 6 heteroatoms. The maximum atomic E-state index is 13.4. The van der Waals surface area contributed by atoms with Crippen LogP contribution in [-0.2, 0) is 13.6 Å². The monoisotopic (exact) mass is 390 g/mol. The SMILES string of the molecule is Cc1ccc(C)c2sc(N(Cc3ccccc3)C(=O)c3cc(C)n(C)n3)nc12. The van der Waals surface area contributed by atoms with Crippen LogP contribution < -0.4 is 4.90 Å². The molecule has 0 saturated heterocycles. The Morgan fingerprint density at radius 3 is 2.43 bits per heavy atom. The van der Waals surface area contributed by atoms with Crippen LogP contribution in [0.1, 0.15) is 32.9 Å². The second-order valence-corrected chi connectivity index (χ2v) is 8.02. The van der Waals surface area contributed by atoms with E-state index in [0.29, 0.717) is 17.4 Å². The number of carbonyl (C=O) groups is 1. The summed E-state index contributed by atoms with van der Waals surface area (Å²) in [5, 5.41) is 5.09. The summed E-state index contributed by atoms with van der Waals surface area (Å²) in [7, 11) is 1.85. The fourth-order valence-electron chi connectivity index (χ4n) is 3.16. The van der Waals surface area contributed by atoms with E-state index in [1.807, 2.05) is 50.4 Å². The van der Waals surface area contributed by atoms with E-state index >= 15 is 0 Å². The number of benzene rings is 2. The lowest BCUT2D eigenvalue weighted by atomic mass is 10.1. The number of aryl methyl sites for hydroxylation is 4. The van der Waals surface area contributed by atoms with Crippen LogP contribution in [0.4, 0.5) is 5.13 Å². The molecular weight excluding hydrogens is 368 g/mol.